The minimum absolute atomic E-state index is 0.139. The molecule has 0 aliphatic carbocycles. The summed E-state index contributed by atoms with van der Waals surface area (Å²) in [6.45, 7) is 7.49. The molecular formula is C19H25N3O3. The third-order valence-corrected chi connectivity index (χ3v) is 4.80. The molecule has 1 aliphatic heterocycles. The average Bonchev–Trinajstić information content (AvgIpc) is 2.90. The number of nitrogens with zero attached hydrogens (tertiary/aromatic N) is 3. The van der Waals surface area contributed by atoms with Crippen molar-refractivity contribution in [1.82, 2.24) is 14.5 Å². The van der Waals surface area contributed by atoms with Crippen LogP contribution in [0.1, 0.15) is 43.6 Å². The summed E-state index contributed by atoms with van der Waals surface area (Å²) in [6.07, 6.45) is 1.58. The fourth-order valence-corrected chi connectivity index (χ4v) is 3.61. The van der Waals surface area contributed by atoms with E-state index in [0.29, 0.717) is 25.7 Å². The molecule has 0 atom stereocenters. The number of benzene rings is 1. The first-order chi connectivity index (χ1) is 12.0. The Morgan fingerprint density at radius 2 is 1.96 bits per heavy atom. The van der Waals surface area contributed by atoms with E-state index >= 15 is 0 Å². The molecule has 1 aromatic carbocycles. The van der Waals surface area contributed by atoms with Crippen LogP contribution in [-0.2, 0) is 14.3 Å². The Morgan fingerprint density at radius 1 is 1.24 bits per heavy atom. The number of aryl methyl sites for hydroxylation is 2. The van der Waals surface area contributed by atoms with Crippen molar-refractivity contribution < 1.29 is 14.3 Å². The quantitative estimate of drug-likeness (QED) is 0.632. The number of hydrogen-bond acceptors (Lipinski definition) is 4. The molecule has 1 amide bonds. The molecule has 0 N–H and O–H groups in total. The number of ether oxygens (including phenoxy) is 1. The van der Waals surface area contributed by atoms with Crippen LogP contribution in [0.15, 0.2) is 18.2 Å². The predicted molar refractivity (Wildman–Crippen MR) is 95.3 cm³/mol. The number of likely N-dealkylation sites (tertiary alicyclic amines) is 1. The van der Waals surface area contributed by atoms with E-state index < -0.39 is 5.97 Å². The Bertz CT molecular complexity index is 789. The molecule has 2 heterocycles. The van der Waals surface area contributed by atoms with Gasteiger partial charge in [-0.1, -0.05) is 6.07 Å². The van der Waals surface area contributed by atoms with E-state index in [1.54, 1.807) is 11.8 Å². The fourth-order valence-electron chi connectivity index (χ4n) is 3.61. The van der Waals surface area contributed by atoms with E-state index in [9.17, 15) is 9.59 Å². The second-order valence-corrected chi connectivity index (χ2v) is 6.61. The number of carbonyl (C=O) groups is 2. The van der Waals surface area contributed by atoms with Crippen molar-refractivity contribution in [3.8, 4) is 0 Å². The fraction of sp³-hybridized carbons (Fsp3) is 0.526. The van der Waals surface area contributed by atoms with Gasteiger partial charge in [0.25, 0.3) is 0 Å². The molecule has 1 aliphatic rings. The summed E-state index contributed by atoms with van der Waals surface area (Å²) in [5.74, 6) is 0.429. The molecule has 1 aromatic heterocycles. The molecule has 0 saturated carbocycles. The highest BCUT2D eigenvalue weighted by molar-refractivity contribution is 5.94. The number of rotatable bonds is 4. The van der Waals surface area contributed by atoms with Gasteiger partial charge in [0.15, 0.2) is 0 Å². The van der Waals surface area contributed by atoms with E-state index in [1.807, 2.05) is 6.92 Å². The van der Waals surface area contributed by atoms with E-state index in [2.05, 4.69) is 34.7 Å². The van der Waals surface area contributed by atoms with Gasteiger partial charge in [0.1, 0.15) is 12.2 Å². The van der Waals surface area contributed by atoms with Gasteiger partial charge in [0, 0.05) is 19.1 Å². The SMILES string of the molecule is CCOC(=O)CC(=O)N1CCC(n2c(C)nc3ccc(C)cc32)CC1. The molecular weight excluding hydrogens is 318 g/mol. The van der Waals surface area contributed by atoms with Crippen LogP contribution in [0.25, 0.3) is 11.0 Å². The van der Waals surface area contributed by atoms with Crippen LogP contribution in [0.4, 0.5) is 0 Å². The number of esters is 1. The van der Waals surface area contributed by atoms with Crippen molar-refractivity contribution in [2.75, 3.05) is 19.7 Å². The maximum absolute atomic E-state index is 12.2. The monoisotopic (exact) mass is 343 g/mol. The Hall–Kier alpha value is -2.37. The topological polar surface area (TPSA) is 64.4 Å². The lowest BCUT2D eigenvalue weighted by Crippen LogP contribution is -2.40. The summed E-state index contributed by atoms with van der Waals surface area (Å²) in [6, 6.07) is 6.65. The molecule has 2 aromatic rings. The van der Waals surface area contributed by atoms with Crippen LogP contribution in [0.5, 0.6) is 0 Å². The number of piperidine rings is 1. The van der Waals surface area contributed by atoms with Gasteiger partial charge in [-0.15, -0.1) is 0 Å². The van der Waals surface area contributed by atoms with Crippen molar-refractivity contribution in [2.45, 2.75) is 46.1 Å². The third-order valence-electron chi connectivity index (χ3n) is 4.80. The first-order valence-corrected chi connectivity index (χ1v) is 8.88. The zero-order valence-electron chi connectivity index (χ0n) is 15.1. The van der Waals surface area contributed by atoms with E-state index in [-0.39, 0.29) is 12.3 Å². The minimum atomic E-state index is -0.443. The summed E-state index contributed by atoms with van der Waals surface area (Å²) < 4.78 is 7.16. The Morgan fingerprint density at radius 3 is 2.64 bits per heavy atom. The van der Waals surface area contributed by atoms with Crippen LogP contribution in [0.2, 0.25) is 0 Å². The Kier molecular flexibility index (Phi) is 5.06. The normalized spacial score (nSPS) is 15.6. The lowest BCUT2D eigenvalue weighted by atomic mass is 10.0. The average molecular weight is 343 g/mol. The van der Waals surface area contributed by atoms with E-state index in [0.717, 1.165) is 29.7 Å². The minimum Gasteiger partial charge on any atom is -0.466 e. The summed E-state index contributed by atoms with van der Waals surface area (Å²) in [5.41, 5.74) is 3.40. The van der Waals surface area contributed by atoms with Gasteiger partial charge in [-0.3, -0.25) is 9.59 Å². The zero-order valence-corrected chi connectivity index (χ0v) is 15.1. The van der Waals surface area contributed by atoms with E-state index in [4.69, 9.17) is 4.74 Å². The van der Waals surface area contributed by atoms with Gasteiger partial charge < -0.3 is 14.2 Å². The van der Waals surface area contributed by atoms with Crippen LogP contribution in [-0.4, -0.2) is 46.0 Å². The van der Waals surface area contributed by atoms with Crippen LogP contribution >= 0.6 is 0 Å². The molecule has 0 unspecified atom stereocenters. The molecule has 1 saturated heterocycles. The van der Waals surface area contributed by atoms with Crippen molar-refractivity contribution in [3.05, 3.63) is 29.6 Å². The van der Waals surface area contributed by atoms with Crippen molar-refractivity contribution in [1.29, 1.82) is 0 Å². The van der Waals surface area contributed by atoms with Gasteiger partial charge in [0.05, 0.1) is 17.6 Å². The summed E-state index contributed by atoms with van der Waals surface area (Å²) >= 11 is 0. The first-order valence-electron chi connectivity index (χ1n) is 8.88. The lowest BCUT2D eigenvalue weighted by molar-refractivity contribution is -0.149. The molecule has 0 radical (unpaired) electrons. The van der Waals surface area contributed by atoms with Gasteiger partial charge in [0.2, 0.25) is 5.91 Å². The number of fused-ring (bicyclic) bond motifs is 1. The van der Waals surface area contributed by atoms with Crippen LogP contribution in [0, 0.1) is 13.8 Å². The second-order valence-electron chi connectivity index (χ2n) is 6.61. The number of carbonyl (C=O) groups excluding carboxylic acids is 2. The van der Waals surface area contributed by atoms with Gasteiger partial charge >= 0.3 is 5.97 Å². The molecule has 3 rings (SSSR count). The highest BCUT2D eigenvalue weighted by atomic mass is 16.5. The molecule has 134 valence electrons. The summed E-state index contributed by atoms with van der Waals surface area (Å²) in [4.78, 5) is 30.1. The molecule has 1 fully saturated rings. The van der Waals surface area contributed by atoms with Crippen molar-refractivity contribution in [2.24, 2.45) is 0 Å². The largest absolute Gasteiger partial charge is 0.466 e. The molecule has 0 spiro atoms. The highest BCUT2D eigenvalue weighted by Crippen LogP contribution is 2.29. The maximum atomic E-state index is 12.2. The van der Waals surface area contributed by atoms with Gasteiger partial charge in [-0.2, -0.15) is 0 Å². The number of amides is 1. The van der Waals surface area contributed by atoms with Gasteiger partial charge in [-0.05, 0) is 51.3 Å². The number of imidazole rings is 1. The summed E-state index contributed by atoms with van der Waals surface area (Å²) in [5, 5.41) is 0. The van der Waals surface area contributed by atoms with Crippen molar-refractivity contribution in [3.63, 3.8) is 0 Å². The predicted octanol–water partition coefficient (Wildman–Crippen LogP) is 2.77. The Labute approximate surface area is 147 Å². The van der Waals surface area contributed by atoms with Crippen molar-refractivity contribution >= 4 is 22.9 Å². The van der Waals surface area contributed by atoms with E-state index in [1.165, 1.54) is 5.56 Å². The molecule has 25 heavy (non-hydrogen) atoms. The zero-order chi connectivity index (χ0) is 18.0. The number of hydrogen-bond donors (Lipinski definition) is 0. The van der Waals surface area contributed by atoms with Gasteiger partial charge in [-0.25, -0.2) is 4.98 Å². The third kappa shape index (κ3) is 3.67. The maximum Gasteiger partial charge on any atom is 0.315 e. The molecule has 6 nitrogen and oxygen atoms in total. The van der Waals surface area contributed by atoms with Crippen LogP contribution < -0.4 is 0 Å². The van der Waals surface area contributed by atoms with Crippen LogP contribution in [0.3, 0.4) is 0 Å². The standard InChI is InChI=1S/C19H25N3O3/c1-4-25-19(24)12-18(23)21-9-7-15(8-10-21)22-14(3)20-16-6-5-13(2)11-17(16)22/h5-6,11,15H,4,7-10,12H2,1-3H3. The lowest BCUT2D eigenvalue weighted by Gasteiger charge is -2.33. The second kappa shape index (κ2) is 7.25. The first kappa shape index (κ1) is 17.5. The highest BCUT2D eigenvalue weighted by Gasteiger charge is 2.27. The molecule has 6 heteroatoms. The number of aromatic nitrogens is 2. The molecule has 0 bridgehead atoms. The Balaban J connectivity index is 1.69. The summed E-state index contributed by atoms with van der Waals surface area (Å²) in [7, 11) is 0. The smallest absolute Gasteiger partial charge is 0.315 e.